The highest BCUT2D eigenvalue weighted by Gasteiger charge is 2.42. The highest BCUT2D eigenvalue weighted by molar-refractivity contribution is 4.80. The summed E-state index contributed by atoms with van der Waals surface area (Å²) in [6.45, 7) is 2.12. The summed E-state index contributed by atoms with van der Waals surface area (Å²) in [4.78, 5) is 1.02. The standard InChI is InChI=1S/C5H10F2N2/c1-4-3-8-5(6,7)9(4)2/h4,8H,3H2,1-2H3. The van der Waals surface area contributed by atoms with Crippen LogP contribution in [0, 0.1) is 0 Å². The Morgan fingerprint density at radius 3 is 2.33 bits per heavy atom. The zero-order valence-electron chi connectivity index (χ0n) is 5.49. The van der Waals surface area contributed by atoms with E-state index >= 15 is 0 Å². The molecule has 9 heavy (non-hydrogen) atoms. The van der Waals surface area contributed by atoms with E-state index in [9.17, 15) is 8.78 Å². The van der Waals surface area contributed by atoms with E-state index in [0.29, 0.717) is 6.54 Å². The molecule has 0 aromatic carbocycles. The van der Waals surface area contributed by atoms with E-state index in [2.05, 4.69) is 5.32 Å². The first-order chi connectivity index (χ1) is 4.04. The van der Waals surface area contributed by atoms with Crippen LogP contribution in [0.1, 0.15) is 6.92 Å². The van der Waals surface area contributed by atoms with Crippen molar-refractivity contribution in [2.75, 3.05) is 13.6 Å². The first kappa shape index (κ1) is 6.89. The van der Waals surface area contributed by atoms with Gasteiger partial charge in [-0.3, -0.25) is 0 Å². The molecule has 2 nitrogen and oxygen atoms in total. The molecule has 1 aliphatic rings. The van der Waals surface area contributed by atoms with Gasteiger partial charge in [-0.25, -0.2) is 10.2 Å². The Labute approximate surface area is 52.8 Å². The van der Waals surface area contributed by atoms with Gasteiger partial charge in [0.05, 0.1) is 0 Å². The smallest absolute Gasteiger partial charge is 0.242 e. The van der Waals surface area contributed by atoms with Crippen molar-refractivity contribution >= 4 is 0 Å². The van der Waals surface area contributed by atoms with E-state index in [4.69, 9.17) is 0 Å². The molecule has 1 saturated heterocycles. The summed E-state index contributed by atoms with van der Waals surface area (Å²) in [7, 11) is 1.41. The zero-order chi connectivity index (χ0) is 7.07. The molecule has 0 saturated carbocycles. The van der Waals surface area contributed by atoms with Gasteiger partial charge >= 0.3 is 6.17 Å². The summed E-state index contributed by atoms with van der Waals surface area (Å²) in [6, 6.07) is -0.0694. The zero-order valence-corrected chi connectivity index (χ0v) is 5.49. The molecule has 1 heterocycles. The van der Waals surface area contributed by atoms with E-state index < -0.39 is 6.17 Å². The van der Waals surface area contributed by atoms with Gasteiger partial charge in [0.15, 0.2) is 0 Å². The Morgan fingerprint density at radius 1 is 1.67 bits per heavy atom. The predicted octanol–water partition coefficient (Wildman–Crippen LogP) is 0.460. The van der Waals surface area contributed by atoms with Crippen LogP contribution in [0.25, 0.3) is 0 Å². The van der Waals surface area contributed by atoms with E-state index in [1.807, 2.05) is 0 Å². The summed E-state index contributed by atoms with van der Waals surface area (Å²) in [5.74, 6) is 0. The lowest BCUT2D eigenvalue weighted by Gasteiger charge is -2.20. The molecule has 1 N–H and O–H groups in total. The molecule has 0 aliphatic carbocycles. The maximum atomic E-state index is 12.4. The molecule has 0 radical (unpaired) electrons. The van der Waals surface area contributed by atoms with Crippen molar-refractivity contribution in [1.29, 1.82) is 0 Å². The van der Waals surface area contributed by atoms with Crippen molar-refractivity contribution < 1.29 is 8.78 Å². The van der Waals surface area contributed by atoms with Crippen LogP contribution < -0.4 is 5.32 Å². The molecule has 54 valence electrons. The lowest BCUT2D eigenvalue weighted by molar-refractivity contribution is -0.133. The molecular formula is C5H10F2N2. The van der Waals surface area contributed by atoms with Crippen molar-refractivity contribution in [1.82, 2.24) is 10.2 Å². The van der Waals surface area contributed by atoms with E-state index in [-0.39, 0.29) is 6.04 Å². The first-order valence-electron chi connectivity index (χ1n) is 2.90. The van der Waals surface area contributed by atoms with Gasteiger partial charge in [0, 0.05) is 12.6 Å². The van der Waals surface area contributed by atoms with Crippen molar-refractivity contribution in [3.63, 3.8) is 0 Å². The lowest BCUT2D eigenvalue weighted by atomic mass is 10.3. The normalized spacial score (nSPS) is 35.3. The van der Waals surface area contributed by atoms with Crippen LogP contribution in [0.2, 0.25) is 0 Å². The molecule has 0 spiro atoms. The van der Waals surface area contributed by atoms with E-state index in [1.54, 1.807) is 6.92 Å². The highest BCUT2D eigenvalue weighted by atomic mass is 19.3. The molecule has 0 aromatic rings. The molecule has 4 heteroatoms. The Morgan fingerprint density at radius 2 is 2.22 bits per heavy atom. The summed E-state index contributed by atoms with van der Waals surface area (Å²) < 4.78 is 24.8. The number of hydrogen-bond donors (Lipinski definition) is 1. The Bertz CT molecular complexity index is 116. The van der Waals surface area contributed by atoms with Gasteiger partial charge in [0.1, 0.15) is 0 Å². The second-order valence-electron chi connectivity index (χ2n) is 2.38. The predicted molar refractivity (Wildman–Crippen MR) is 30.2 cm³/mol. The molecule has 0 bridgehead atoms. The minimum atomic E-state index is -2.79. The van der Waals surface area contributed by atoms with E-state index in [0.717, 1.165) is 4.90 Å². The van der Waals surface area contributed by atoms with Crippen LogP contribution in [-0.4, -0.2) is 30.7 Å². The van der Waals surface area contributed by atoms with Crippen molar-refractivity contribution in [2.45, 2.75) is 19.1 Å². The number of alkyl halides is 2. The average molecular weight is 136 g/mol. The number of rotatable bonds is 0. The molecule has 1 fully saturated rings. The molecule has 1 unspecified atom stereocenters. The van der Waals surface area contributed by atoms with Gasteiger partial charge in [0.2, 0.25) is 0 Å². The monoisotopic (exact) mass is 136 g/mol. The Hall–Kier alpha value is -0.220. The van der Waals surface area contributed by atoms with Crippen molar-refractivity contribution in [3.05, 3.63) is 0 Å². The van der Waals surface area contributed by atoms with Gasteiger partial charge in [0.25, 0.3) is 0 Å². The maximum absolute atomic E-state index is 12.4. The van der Waals surface area contributed by atoms with Crippen LogP contribution in [0.4, 0.5) is 8.78 Å². The maximum Gasteiger partial charge on any atom is 0.367 e. The van der Waals surface area contributed by atoms with Gasteiger partial charge in [-0.05, 0) is 14.0 Å². The lowest BCUT2D eigenvalue weighted by Crippen LogP contribution is -2.42. The molecule has 1 aliphatic heterocycles. The average Bonchev–Trinajstić information content (AvgIpc) is 1.97. The van der Waals surface area contributed by atoms with Crippen LogP contribution >= 0.6 is 0 Å². The number of nitrogens with zero attached hydrogens (tertiary/aromatic N) is 1. The summed E-state index contributed by atoms with van der Waals surface area (Å²) in [5.41, 5.74) is 0. The molecule has 0 aromatic heterocycles. The number of hydrogen-bond acceptors (Lipinski definition) is 2. The van der Waals surface area contributed by atoms with Gasteiger partial charge in [-0.1, -0.05) is 0 Å². The highest BCUT2D eigenvalue weighted by Crippen LogP contribution is 2.21. The second kappa shape index (κ2) is 1.88. The Balaban J connectivity index is 2.62. The largest absolute Gasteiger partial charge is 0.367 e. The topological polar surface area (TPSA) is 15.3 Å². The van der Waals surface area contributed by atoms with Crippen LogP contribution in [-0.2, 0) is 0 Å². The summed E-state index contributed by atoms with van der Waals surface area (Å²) in [6.07, 6.45) is -2.79. The third-order valence-corrected chi connectivity index (χ3v) is 1.71. The second-order valence-corrected chi connectivity index (χ2v) is 2.38. The van der Waals surface area contributed by atoms with Gasteiger partial charge < -0.3 is 0 Å². The van der Waals surface area contributed by atoms with E-state index in [1.165, 1.54) is 7.05 Å². The molecular weight excluding hydrogens is 126 g/mol. The number of halogens is 2. The third-order valence-electron chi connectivity index (χ3n) is 1.71. The van der Waals surface area contributed by atoms with Crippen molar-refractivity contribution in [3.8, 4) is 0 Å². The fourth-order valence-electron chi connectivity index (χ4n) is 0.809. The fraction of sp³-hybridized carbons (Fsp3) is 1.00. The Kier molecular flexibility index (Phi) is 1.44. The van der Waals surface area contributed by atoms with Crippen molar-refractivity contribution in [2.24, 2.45) is 0 Å². The van der Waals surface area contributed by atoms with Crippen LogP contribution in [0.3, 0.4) is 0 Å². The summed E-state index contributed by atoms with van der Waals surface area (Å²) >= 11 is 0. The van der Waals surface area contributed by atoms with Crippen LogP contribution in [0.15, 0.2) is 0 Å². The van der Waals surface area contributed by atoms with Crippen LogP contribution in [0.5, 0.6) is 0 Å². The minimum absolute atomic E-state index is 0.0694. The third kappa shape index (κ3) is 1.04. The number of nitrogens with one attached hydrogen (secondary N) is 1. The molecule has 1 rings (SSSR count). The number of likely N-dealkylation sites (N-methyl/N-ethyl adjacent to an activating group) is 1. The first-order valence-corrected chi connectivity index (χ1v) is 2.90. The quantitative estimate of drug-likeness (QED) is 0.487. The van der Waals surface area contributed by atoms with Gasteiger partial charge in [-0.15, -0.1) is 0 Å². The minimum Gasteiger partial charge on any atom is -0.242 e. The summed E-state index contributed by atoms with van der Waals surface area (Å²) in [5, 5.41) is 2.09. The van der Waals surface area contributed by atoms with Gasteiger partial charge in [-0.2, -0.15) is 8.78 Å². The SMILES string of the molecule is CC1CNC(F)(F)N1C. The molecule has 0 amide bonds. The molecule has 1 atom stereocenters. The fourth-order valence-corrected chi connectivity index (χ4v) is 0.809.